The zero-order valence-electron chi connectivity index (χ0n) is 32.9. The lowest BCUT2D eigenvalue weighted by Crippen LogP contribution is -2.30. The van der Waals surface area contributed by atoms with Gasteiger partial charge in [-0.3, -0.25) is 9.59 Å². The van der Waals surface area contributed by atoms with Crippen molar-refractivity contribution in [2.24, 2.45) is 11.8 Å². The summed E-state index contributed by atoms with van der Waals surface area (Å²) in [6.45, 7) is 16.7. The van der Waals surface area contributed by atoms with E-state index in [-0.39, 0.29) is 23.8 Å². The average molecular weight is 689 g/mol. The minimum Gasteiger partial charge on any atom is -0.461 e. The predicted octanol–water partition coefficient (Wildman–Crippen LogP) is 11.1. The lowest BCUT2D eigenvalue weighted by atomic mass is 10.0. The molecule has 0 aromatic heterocycles. The summed E-state index contributed by atoms with van der Waals surface area (Å²) < 4.78 is 10.9. The van der Waals surface area contributed by atoms with Crippen LogP contribution >= 0.6 is 0 Å². The number of unbranched alkanes of at least 4 members (excludes halogenated alkanes) is 14. The molecule has 2 unspecified atom stereocenters. The van der Waals surface area contributed by atoms with Crippen molar-refractivity contribution in [2.75, 3.05) is 52.5 Å². The van der Waals surface area contributed by atoms with Crippen LogP contribution in [-0.4, -0.2) is 74.2 Å². The monoisotopic (exact) mass is 689 g/mol. The van der Waals surface area contributed by atoms with E-state index < -0.39 is 0 Å². The molecule has 1 heterocycles. The number of carbonyl (C=O) groups excluding carboxylic acids is 2. The summed E-state index contributed by atoms with van der Waals surface area (Å²) in [6.07, 6.45) is 36.0. The molecule has 0 aromatic rings. The van der Waals surface area contributed by atoms with E-state index in [2.05, 4.69) is 35.8 Å². The van der Waals surface area contributed by atoms with Crippen LogP contribution in [0.25, 0.3) is 0 Å². The molecule has 0 aliphatic carbocycles. The predicted molar refractivity (Wildman–Crippen MR) is 209 cm³/mol. The van der Waals surface area contributed by atoms with Crippen LogP contribution in [0, 0.1) is 11.8 Å². The highest BCUT2D eigenvalue weighted by molar-refractivity contribution is 5.72. The second kappa shape index (κ2) is 33.5. The molecular weight excluding hydrogens is 608 g/mol. The minimum absolute atomic E-state index is 0.0132. The first-order chi connectivity index (χ1) is 24.0. The fraction of sp³-hybridized carbons (Fsp3) is 0.860. The van der Waals surface area contributed by atoms with E-state index >= 15 is 0 Å². The molecule has 6 heteroatoms. The Morgan fingerprint density at radius 1 is 0.571 bits per heavy atom. The summed E-state index contributed by atoms with van der Waals surface area (Å²) >= 11 is 0. The summed E-state index contributed by atoms with van der Waals surface area (Å²) in [6, 6.07) is 0. The van der Waals surface area contributed by atoms with Gasteiger partial charge in [0.05, 0.1) is 11.8 Å². The van der Waals surface area contributed by atoms with Gasteiger partial charge in [-0.25, -0.2) is 0 Å². The molecule has 0 saturated carbocycles. The van der Waals surface area contributed by atoms with Crippen LogP contribution in [0.2, 0.25) is 0 Å². The quantitative estimate of drug-likeness (QED) is 0.0381. The summed E-state index contributed by atoms with van der Waals surface area (Å²) in [5, 5.41) is 0. The molecule has 0 spiro atoms. The summed E-state index contributed by atoms with van der Waals surface area (Å²) in [5.74, 6) is -0.127. The van der Waals surface area contributed by atoms with Gasteiger partial charge in [0.1, 0.15) is 13.2 Å². The van der Waals surface area contributed by atoms with Crippen LogP contribution in [0.3, 0.4) is 0 Å². The van der Waals surface area contributed by atoms with E-state index in [1.807, 2.05) is 26.0 Å². The third-order valence-electron chi connectivity index (χ3n) is 10.1. The highest BCUT2D eigenvalue weighted by Gasteiger charge is 2.15. The molecule has 0 radical (unpaired) electrons. The number of carbonyl (C=O) groups is 2. The molecular formula is C43H80N2O4. The van der Waals surface area contributed by atoms with Gasteiger partial charge < -0.3 is 19.3 Å². The maximum absolute atomic E-state index is 12.4. The van der Waals surface area contributed by atoms with Crippen molar-refractivity contribution in [3.05, 3.63) is 24.3 Å². The van der Waals surface area contributed by atoms with Crippen LogP contribution in [0.4, 0.5) is 0 Å². The van der Waals surface area contributed by atoms with E-state index in [0.717, 1.165) is 38.5 Å². The van der Waals surface area contributed by atoms with Crippen LogP contribution in [0.15, 0.2) is 24.3 Å². The molecule has 0 bridgehead atoms. The number of rotatable bonds is 34. The van der Waals surface area contributed by atoms with Crippen molar-refractivity contribution < 1.29 is 19.1 Å². The molecule has 49 heavy (non-hydrogen) atoms. The number of hydrogen-bond acceptors (Lipinski definition) is 6. The van der Waals surface area contributed by atoms with Gasteiger partial charge in [0.2, 0.25) is 0 Å². The van der Waals surface area contributed by atoms with Crippen molar-refractivity contribution in [2.45, 2.75) is 175 Å². The smallest absolute Gasteiger partial charge is 0.308 e. The Bertz CT molecular complexity index is 767. The number of ether oxygens (including phenoxy) is 2. The molecule has 1 aliphatic rings. The largest absolute Gasteiger partial charge is 0.461 e. The fourth-order valence-corrected chi connectivity index (χ4v) is 6.67. The molecule has 0 aromatic carbocycles. The molecule has 1 aliphatic heterocycles. The van der Waals surface area contributed by atoms with E-state index in [9.17, 15) is 9.59 Å². The van der Waals surface area contributed by atoms with Crippen molar-refractivity contribution in [1.82, 2.24) is 9.80 Å². The van der Waals surface area contributed by atoms with Crippen LogP contribution in [-0.2, 0) is 19.1 Å². The standard InChI is InChI=1S/C43H80N2O4/c1-5-7-9-11-13-19-27-38-48-42(46)40(3)30-21-15-17-23-32-44(36-29-37-45-34-25-26-35-45)33-24-18-16-22-31-41(4)43(47)49-39-28-20-14-12-10-8-6-2/h19-20,27-28,40-41H,5-18,21-26,29-39H2,1-4H3/b27-19-,28-20-. The van der Waals surface area contributed by atoms with Gasteiger partial charge in [0.15, 0.2) is 0 Å². The number of allylic oxidation sites excluding steroid dienone is 2. The molecule has 286 valence electrons. The lowest BCUT2D eigenvalue weighted by Gasteiger charge is -2.24. The topological polar surface area (TPSA) is 59.1 Å². The number of nitrogens with zero attached hydrogens (tertiary/aromatic N) is 2. The Hall–Kier alpha value is -1.66. The lowest BCUT2D eigenvalue weighted by molar-refractivity contribution is -0.147. The van der Waals surface area contributed by atoms with Gasteiger partial charge in [-0.2, -0.15) is 0 Å². The summed E-state index contributed by atoms with van der Waals surface area (Å²) in [4.78, 5) is 30.0. The maximum atomic E-state index is 12.4. The zero-order chi connectivity index (χ0) is 35.6. The van der Waals surface area contributed by atoms with Gasteiger partial charge in [0.25, 0.3) is 0 Å². The Morgan fingerprint density at radius 2 is 1.00 bits per heavy atom. The molecule has 1 saturated heterocycles. The number of hydrogen-bond donors (Lipinski definition) is 0. The van der Waals surface area contributed by atoms with Gasteiger partial charge in [0, 0.05) is 0 Å². The molecule has 0 amide bonds. The van der Waals surface area contributed by atoms with E-state index in [1.54, 1.807) is 0 Å². The van der Waals surface area contributed by atoms with Gasteiger partial charge >= 0.3 is 11.9 Å². The second-order valence-electron chi connectivity index (χ2n) is 14.9. The molecule has 2 atom stereocenters. The van der Waals surface area contributed by atoms with E-state index in [1.165, 1.54) is 148 Å². The second-order valence-corrected chi connectivity index (χ2v) is 14.9. The molecule has 1 fully saturated rings. The van der Waals surface area contributed by atoms with Gasteiger partial charge in [-0.05, 0) is 110 Å². The SMILES string of the molecule is CCCCCC/C=C\COC(=O)C(C)CCCCCCN(CCCCCCC(C)C(=O)OC/C=C\CCCCCC)CCCN1CCCC1. The zero-order valence-corrected chi connectivity index (χ0v) is 32.9. The van der Waals surface area contributed by atoms with Gasteiger partial charge in [-0.15, -0.1) is 0 Å². The van der Waals surface area contributed by atoms with Crippen molar-refractivity contribution in [1.29, 1.82) is 0 Å². The van der Waals surface area contributed by atoms with Crippen molar-refractivity contribution in [3.8, 4) is 0 Å². The van der Waals surface area contributed by atoms with Crippen molar-refractivity contribution >= 4 is 11.9 Å². The number of esters is 2. The van der Waals surface area contributed by atoms with Gasteiger partial charge in [-0.1, -0.05) is 129 Å². The normalized spacial score (nSPS) is 15.1. The Morgan fingerprint density at radius 3 is 1.47 bits per heavy atom. The highest BCUT2D eigenvalue weighted by Crippen LogP contribution is 2.15. The Balaban J connectivity index is 2.19. The third kappa shape index (κ3) is 27.7. The van der Waals surface area contributed by atoms with Crippen LogP contribution < -0.4 is 0 Å². The van der Waals surface area contributed by atoms with E-state index in [0.29, 0.717) is 13.2 Å². The Kier molecular flexibility index (Phi) is 31.0. The first-order valence-electron chi connectivity index (χ1n) is 21.1. The Labute approximate surface area is 304 Å². The van der Waals surface area contributed by atoms with Crippen LogP contribution in [0.5, 0.6) is 0 Å². The van der Waals surface area contributed by atoms with Crippen molar-refractivity contribution in [3.63, 3.8) is 0 Å². The molecule has 1 rings (SSSR count). The fourth-order valence-electron chi connectivity index (χ4n) is 6.67. The van der Waals surface area contributed by atoms with Crippen LogP contribution in [0.1, 0.15) is 175 Å². The average Bonchev–Trinajstić information content (AvgIpc) is 3.63. The van der Waals surface area contributed by atoms with E-state index in [4.69, 9.17) is 9.47 Å². The number of likely N-dealkylation sites (tertiary alicyclic amines) is 1. The summed E-state index contributed by atoms with van der Waals surface area (Å²) in [5.41, 5.74) is 0. The third-order valence-corrected chi connectivity index (χ3v) is 10.1. The maximum Gasteiger partial charge on any atom is 0.308 e. The summed E-state index contributed by atoms with van der Waals surface area (Å²) in [7, 11) is 0. The molecule has 6 nitrogen and oxygen atoms in total. The first-order valence-corrected chi connectivity index (χ1v) is 21.1. The highest BCUT2D eigenvalue weighted by atomic mass is 16.5. The minimum atomic E-state index is -0.0505. The molecule has 0 N–H and O–H groups in total. The first kappa shape index (κ1) is 45.4.